The molecule has 0 bridgehead atoms. The van der Waals surface area contributed by atoms with Gasteiger partial charge >= 0.3 is 75.4 Å². The fraction of sp³-hybridized carbons (Fsp3) is 0.294. The molecule has 0 amide bonds. The first-order valence-electron chi connectivity index (χ1n) is 14.4. The molecule has 6 aromatic heterocycles. The summed E-state index contributed by atoms with van der Waals surface area (Å²) in [4.78, 5) is 4.93. The molecule has 0 unspecified atom stereocenters. The molecule has 0 radical (unpaired) electrons. The van der Waals surface area contributed by atoms with E-state index in [0.717, 1.165) is 25.9 Å². The van der Waals surface area contributed by atoms with E-state index in [9.17, 15) is 0 Å². The minimum atomic E-state index is 0. The third-order valence-corrected chi connectivity index (χ3v) is 10.2. The molecule has 47 heavy (non-hydrogen) atoms. The van der Waals surface area contributed by atoms with E-state index in [0.29, 0.717) is 39.6 Å². The van der Waals surface area contributed by atoms with Crippen LogP contribution in [0.1, 0.15) is 12.8 Å². The van der Waals surface area contributed by atoms with Crippen LogP contribution in [0.4, 0.5) is 0 Å². The van der Waals surface area contributed by atoms with Crippen molar-refractivity contribution in [2.75, 3.05) is 39.6 Å². The Balaban J connectivity index is 0.00000192. The first kappa shape index (κ1) is 42.8. The quantitative estimate of drug-likeness (QED) is 0.0554. The first-order valence-corrected chi connectivity index (χ1v) is 17.6. The van der Waals surface area contributed by atoms with Gasteiger partial charge in [-0.25, -0.2) is 0 Å². The average Bonchev–Trinajstić information content (AvgIpc) is 3.87. The second kappa shape index (κ2) is 23.2. The molecule has 224 valence electrons. The summed E-state index contributed by atoms with van der Waals surface area (Å²) in [5, 5.41) is 12.8. The van der Waals surface area contributed by atoms with Crippen LogP contribution in [0.25, 0.3) is 42.3 Å². The van der Waals surface area contributed by atoms with Gasteiger partial charge in [0, 0.05) is 26.3 Å². The molecule has 0 atom stereocenters. The Morgan fingerprint density at radius 2 is 0.681 bits per heavy atom. The smallest absolute Gasteiger partial charge is 0.379 e. The van der Waals surface area contributed by atoms with Crippen LogP contribution in [-0.2, 0) is 27.3 Å². The zero-order valence-corrected chi connectivity index (χ0v) is 31.0. The Morgan fingerprint density at radius 1 is 0.404 bits per heavy atom. The third-order valence-electron chi connectivity index (χ3n) is 6.94. The van der Waals surface area contributed by atoms with Gasteiger partial charge in [-0.1, -0.05) is 0 Å². The summed E-state index contributed by atoms with van der Waals surface area (Å²) >= 11 is 6.60. The second-order valence-corrected chi connectivity index (χ2v) is 13.2. The molecule has 0 aromatic carbocycles. The van der Waals surface area contributed by atoms with Crippen molar-refractivity contribution >= 4 is 45.3 Å². The van der Waals surface area contributed by atoms with E-state index in [2.05, 4.69) is 79.2 Å². The number of aromatic nitrogens is 2. The molecule has 6 aromatic rings. The van der Waals surface area contributed by atoms with Gasteiger partial charge in [-0.3, -0.25) is 45.3 Å². The van der Waals surface area contributed by atoms with E-state index in [-0.39, 0.29) is 75.4 Å². The third kappa shape index (κ3) is 11.8. The normalized spacial score (nSPS) is 10.6. The summed E-state index contributed by atoms with van der Waals surface area (Å²) < 4.78 is 22.3. The number of rotatable bonds is 18. The standard InChI is InChI=1S/C34H32N2O3S4.4Li/c1-7-31(40-23-1)27-11-12-28(32-8-2-24-41-32)35(27)15-5-17-37-19-21-39-22-20-38-18-6-16-36-29(33-9-3-25-42-33)13-14-30(36)34-10-4-26-43-34;;;;/h1-4,7-14H,5-6,15-22H2;;;;/q-4;4*+1. The zero-order valence-electron chi connectivity index (χ0n) is 27.8. The Morgan fingerprint density at radius 3 is 0.936 bits per heavy atom. The monoisotopic (exact) mass is 672 g/mol. The molecule has 0 fully saturated rings. The SMILES string of the molecule is [Li+].[Li+].[Li+].[Li+].[c-]1ccc(-c2ccc(-c3cc[c-]s3)n2CCCOCCOCCOCCCn2c(-c3cc[c-]s3)ccc2-c2cc[c-]s2)s1. The Kier molecular flexibility index (Phi) is 21.1. The summed E-state index contributed by atoms with van der Waals surface area (Å²) in [7, 11) is 0. The van der Waals surface area contributed by atoms with Crippen molar-refractivity contribution in [2.45, 2.75) is 25.9 Å². The summed E-state index contributed by atoms with van der Waals surface area (Å²) in [6.07, 6.45) is 1.87. The van der Waals surface area contributed by atoms with Crippen molar-refractivity contribution in [3.63, 3.8) is 0 Å². The molecule has 0 spiro atoms. The van der Waals surface area contributed by atoms with Crippen LogP contribution in [0.15, 0.2) is 72.8 Å². The molecule has 0 saturated heterocycles. The predicted molar refractivity (Wildman–Crippen MR) is 179 cm³/mol. The number of hydrogen-bond acceptors (Lipinski definition) is 7. The fourth-order valence-electron chi connectivity index (χ4n) is 4.98. The van der Waals surface area contributed by atoms with Crippen molar-refractivity contribution in [3.8, 4) is 42.3 Å². The van der Waals surface area contributed by atoms with Crippen molar-refractivity contribution in [1.82, 2.24) is 9.13 Å². The number of hydrogen-bond donors (Lipinski definition) is 0. The number of ether oxygens (including phenoxy) is 3. The molecule has 6 rings (SSSR count). The van der Waals surface area contributed by atoms with Gasteiger partial charge in [0.15, 0.2) is 0 Å². The van der Waals surface area contributed by atoms with Crippen LogP contribution in [0.3, 0.4) is 0 Å². The van der Waals surface area contributed by atoms with Crippen molar-refractivity contribution in [3.05, 3.63) is 94.3 Å². The van der Waals surface area contributed by atoms with Crippen LogP contribution in [0.2, 0.25) is 0 Å². The van der Waals surface area contributed by atoms with E-state index in [4.69, 9.17) is 14.2 Å². The van der Waals surface area contributed by atoms with Crippen molar-refractivity contribution in [1.29, 1.82) is 0 Å². The Bertz CT molecular complexity index is 1390. The largest absolute Gasteiger partial charge is 1.00 e. The molecule has 5 nitrogen and oxygen atoms in total. The van der Waals surface area contributed by atoms with Crippen LogP contribution in [0.5, 0.6) is 0 Å². The van der Waals surface area contributed by atoms with E-state index >= 15 is 0 Å². The van der Waals surface area contributed by atoms with Crippen molar-refractivity contribution < 1.29 is 89.7 Å². The molecule has 0 saturated carbocycles. The molecule has 0 aliphatic rings. The van der Waals surface area contributed by atoms with Gasteiger partial charge in [-0.05, 0) is 59.9 Å². The molecule has 13 heteroatoms. The number of thiophene rings is 4. The van der Waals surface area contributed by atoms with Gasteiger partial charge in [-0.2, -0.15) is 48.5 Å². The summed E-state index contributed by atoms with van der Waals surface area (Å²) in [6.45, 7) is 5.50. The van der Waals surface area contributed by atoms with Gasteiger partial charge in [-0.15, -0.1) is 41.0 Å². The van der Waals surface area contributed by atoms with Crippen molar-refractivity contribution in [2.24, 2.45) is 0 Å². The predicted octanol–water partition coefficient (Wildman–Crippen LogP) is -3.05. The molecule has 0 aliphatic carbocycles. The summed E-state index contributed by atoms with van der Waals surface area (Å²) in [5.74, 6) is 0. The van der Waals surface area contributed by atoms with Crippen LogP contribution < -0.4 is 75.4 Å². The van der Waals surface area contributed by atoms with E-state index in [1.807, 2.05) is 24.3 Å². The minimum absolute atomic E-state index is 0. The van der Waals surface area contributed by atoms with E-state index in [1.165, 1.54) is 42.3 Å². The molecule has 0 aliphatic heterocycles. The van der Waals surface area contributed by atoms with Gasteiger partial charge in [0.05, 0.1) is 26.4 Å². The van der Waals surface area contributed by atoms with Gasteiger partial charge < -0.3 is 23.3 Å². The van der Waals surface area contributed by atoms with E-state index < -0.39 is 0 Å². The molecule has 6 heterocycles. The zero-order chi connectivity index (χ0) is 29.1. The Hall–Kier alpha value is -0.370. The maximum atomic E-state index is 5.87. The number of nitrogens with zero attached hydrogens (tertiary/aromatic N) is 2. The summed E-state index contributed by atoms with van der Waals surface area (Å²) in [5.41, 5.74) is 4.92. The van der Waals surface area contributed by atoms with Crippen LogP contribution in [-0.4, -0.2) is 48.8 Å². The maximum Gasteiger partial charge on any atom is 1.00 e. The molecule has 0 N–H and O–H groups in total. The van der Waals surface area contributed by atoms with E-state index in [1.54, 1.807) is 45.3 Å². The first-order chi connectivity index (χ1) is 21.4. The average molecular weight is 673 g/mol. The minimum Gasteiger partial charge on any atom is -0.379 e. The topological polar surface area (TPSA) is 37.6 Å². The molecular weight excluding hydrogens is 640 g/mol. The van der Waals surface area contributed by atoms with Crippen LogP contribution >= 0.6 is 45.3 Å². The fourth-order valence-corrected chi connectivity index (χ4v) is 7.71. The van der Waals surface area contributed by atoms with Gasteiger partial charge in [0.25, 0.3) is 0 Å². The summed E-state index contributed by atoms with van der Waals surface area (Å²) in [6, 6.07) is 25.3. The Labute approximate surface area is 342 Å². The molecular formula is C34H32Li4N2O3S4. The van der Waals surface area contributed by atoms with Gasteiger partial charge in [0.2, 0.25) is 0 Å². The van der Waals surface area contributed by atoms with Crippen LogP contribution in [0, 0.1) is 21.5 Å². The maximum absolute atomic E-state index is 5.87. The second-order valence-electron chi connectivity index (χ2n) is 9.73. The van der Waals surface area contributed by atoms with Gasteiger partial charge in [0.1, 0.15) is 0 Å².